The first-order chi connectivity index (χ1) is 10.9. The highest BCUT2D eigenvalue weighted by Gasteiger charge is 2.71. The van der Waals surface area contributed by atoms with Gasteiger partial charge in [0.25, 0.3) is 0 Å². The van der Waals surface area contributed by atoms with Crippen LogP contribution in [0, 0.1) is 16.7 Å². The molecular formula is C19H33ClN2O2. The number of amides is 1. The predicted octanol–water partition coefficient (Wildman–Crippen LogP) is 3.12. The molecule has 2 aliphatic carbocycles. The zero-order valence-electron chi connectivity index (χ0n) is 15.2. The minimum atomic E-state index is -0.724. The van der Waals surface area contributed by atoms with Gasteiger partial charge in [-0.05, 0) is 37.5 Å². The number of nitrogens with two attached hydrogens (primary N) is 1. The lowest BCUT2D eigenvalue weighted by molar-refractivity contribution is -0.229. The summed E-state index contributed by atoms with van der Waals surface area (Å²) in [7, 11) is 0. The lowest BCUT2D eigenvalue weighted by Crippen LogP contribution is -2.82. The van der Waals surface area contributed by atoms with E-state index in [0.29, 0.717) is 5.41 Å². The van der Waals surface area contributed by atoms with Gasteiger partial charge >= 0.3 is 0 Å². The van der Waals surface area contributed by atoms with Crippen LogP contribution in [0.3, 0.4) is 0 Å². The molecule has 3 unspecified atom stereocenters. The van der Waals surface area contributed by atoms with Crippen LogP contribution in [0.4, 0.5) is 0 Å². The highest BCUT2D eigenvalue weighted by Crippen LogP contribution is 2.58. The number of carbonyl (C=O) groups is 1. The van der Waals surface area contributed by atoms with Crippen LogP contribution in [0.25, 0.3) is 0 Å². The second-order valence-corrected chi connectivity index (χ2v) is 9.17. The van der Waals surface area contributed by atoms with Crippen molar-refractivity contribution in [3.8, 4) is 0 Å². The van der Waals surface area contributed by atoms with Gasteiger partial charge in [0.2, 0.25) is 5.91 Å². The van der Waals surface area contributed by atoms with E-state index in [1.807, 2.05) is 0 Å². The number of nitrogens with zero attached hydrogens (tertiary/aromatic N) is 1. The third-order valence-corrected chi connectivity index (χ3v) is 7.68. The molecule has 2 N–H and O–H groups in total. The fourth-order valence-corrected chi connectivity index (χ4v) is 6.09. The van der Waals surface area contributed by atoms with E-state index in [1.165, 1.54) is 38.5 Å². The van der Waals surface area contributed by atoms with E-state index in [-0.39, 0.29) is 35.8 Å². The van der Waals surface area contributed by atoms with Gasteiger partial charge in [0.05, 0.1) is 6.10 Å². The molecule has 2 saturated heterocycles. The summed E-state index contributed by atoms with van der Waals surface area (Å²) in [5.41, 5.74) is 6.23. The molecule has 2 aliphatic heterocycles. The van der Waals surface area contributed by atoms with E-state index in [0.717, 1.165) is 32.5 Å². The van der Waals surface area contributed by atoms with Crippen LogP contribution in [0.2, 0.25) is 0 Å². The summed E-state index contributed by atoms with van der Waals surface area (Å²) in [5.74, 6) is 0.415. The Morgan fingerprint density at radius 2 is 1.83 bits per heavy atom. The van der Waals surface area contributed by atoms with Crippen molar-refractivity contribution >= 4 is 18.3 Å². The van der Waals surface area contributed by atoms with Crippen LogP contribution in [0.1, 0.15) is 65.2 Å². The Bertz CT molecular complexity index is 504. The normalized spacial score (nSPS) is 39.7. The van der Waals surface area contributed by atoms with E-state index in [1.54, 1.807) is 0 Å². The molecule has 4 aliphatic rings. The molecule has 138 valence electrons. The molecule has 0 radical (unpaired) electrons. The minimum absolute atomic E-state index is 0. The van der Waals surface area contributed by atoms with E-state index in [4.69, 9.17) is 10.5 Å². The fraction of sp³-hybridized carbons (Fsp3) is 0.947. The molecule has 0 aromatic rings. The first-order valence-electron chi connectivity index (χ1n) is 9.61. The lowest BCUT2D eigenvalue weighted by Gasteiger charge is -2.65. The number of hydrogen-bond donors (Lipinski definition) is 1. The lowest BCUT2D eigenvalue weighted by atomic mass is 9.46. The maximum atomic E-state index is 13.4. The highest BCUT2D eigenvalue weighted by atomic mass is 35.5. The Kier molecular flexibility index (Phi) is 4.72. The molecule has 2 heterocycles. The van der Waals surface area contributed by atoms with Crippen LogP contribution in [0.15, 0.2) is 0 Å². The van der Waals surface area contributed by atoms with Crippen molar-refractivity contribution in [2.45, 2.75) is 76.9 Å². The summed E-state index contributed by atoms with van der Waals surface area (Å²) in [5, 5.41) is 0. The molecule has 4 nitrogen and oxygen atoms in total. The molecule has 0 aromatic carbocycles. The average Bonchev–Trinajstić information content (AvgIpc) is 2.97. The van der Waals surface area contributed by atoms with Gasteiger partial charge in [-0.3, -0.25) is 4.79 Å². The molecule has 4 fully saturated rings. The zero-order chi connectivity index (χ0) is 16.3. The van der Waals surface area contributed by atoms with Gasteiger partial charge in [-0.25, -0.2) is 0 Å². The number of rotatable bonds is 1. The number of carbonyl (C=O) groups excluding carboxylic acids is 1. The van der Waals surface area contributed by atoms with Crippen LogP contribution in [-0.2, 0) is 9.53 Å². The molecule has 5 heteroatoms. The Morgan fingerprint density at radius 3 is 2.54 bits per heavy atom. The summed E-state index contributed by atoms with van der Waals surface area (Å²) in [6.07, 6.45) is 10.0. The summed E-state index contributed by atoms with van der Waals surface area (Å²) in [6.45, 7) is 6.93. The second kappa shape index (κ2) is 6.14. The summed E-state index contributed by atoms with van der Waals surface area (Å²) < 4.78 is 5.96. The van der Waals surface area contributed by atoms with Crippen LogP contribution >= 0.6 is 12.4 Å². The standard InChI is InChI=1S/C19H32N2O2.ClH/c1-17(2)15-14(7-6-12-23-15)19(17,20)16(22)21-11-10-18(13-21)8-4-3-5-9-18;/h14-15H,3-13,20H2,1-2H3;1H. The largest absolute Gasteiger partial charge is 0.377 e. The summed E-state index contributed by atoms with van der Waals surface area (Å²) in [6, 6.07) is 0. The van der Waals surface area contributed by atoms with Gasteiger partial charge in [0, 0.05) is 31.0 Å². The van der Waals surface area contributed by atoms with Crippen molar-refractivity contribution in [2.24, 2.45) is 22.5 Å². The monoisotopic (exact) mass is 356 g/mol. The van der Waals surface area contributed by atoms with Crippen LogP contribution in [0.5, 0.6) is 0 Å². The third kappa shape index (κ3) is 2.36. The Balaban J connectivity index is 0.00000169. The van der Waals surface area contributed by atoms with Crippen molar-refractivity contribution < 1.29 is 9.53 Å². The number of fused-ring (bicyclic) bond motifs is 1. The highest BCUT2D eigenvalue weighted by molar-refractivity contribution is 5.90. The third-order valence-electron chi connectivity index (χ3n) is 7.68. The first-order valence-corrected chi connectivity index (χ1v) is 9.61. The van der Waals surface area contributed by atoms with Crippen LogP contribution < -0.4 is 5.73 Å². The van der Waals surface area contributed by atoms with Gasteiger partial charge < -0.3 is 15.4 Å². The molecule has 1 amide bonds. The molecule has 0 aromatic heterocycles. The number of hydrogen-bond acceptors (Lipinski definition) is 3. The zero-order valence-corrected chi connectivity index (χ0v) is 16.0. The van der Waals surface area contributed by atoms with Crippen molar-refractivity contribution in [1.29, 1.82) is 0 Å². The van der Waals surface area contributed by atoms with E-state index in [2.05, 4.69) is 18.7 Å². The Morgan fingerprint density at radius 1 is 1.12 bits per heavy atom. The van der Waals surface area contributed by atoms with E-state index >= 15 is 0 Å². The number of ether oxygens (including phenoxy) is 1. The molecular weight excluding hydrogens is 324 g/mol. The SMILES string of the molecule is CC1(C)C2OCCCC2C1(N)C(=O)N1CCC2(CCCCC2)C1.Cl. The van der Waals surface area contributed by atoms with Gasteiger partial charge in [0.15, 0.2) is 0 Å². The quantitative estimate of drug-likeness (QED) is 0.785. The smallest absolute Gasteiger partial charge is 0.243 e. The van der Waals surface area contributed by atoms with Gasteiger partial charge in [-0.2, -0.15) is 0 Å². The average molecular weight is 357 g/mol. The molecule has 1 spiro atoms. The van der Waals surface area contributed by atoms with Gasteiger partial charge in [-0.15, -0.1) is 12.4 Å². The van der Waals surface area contributed by atoms with E-state index < -0.39 is 5.54 Å². The number of halogens is 1. The fourth-order valence-electron chi connectivity index (χ4n) is 6.09. The van der Waals surface area contributed by atoms with Crippen molar-refractivity contribution in [3.63, 3.8) is 0 Å². The van der Waals surface area contributed by atoms with Gasteiger partial charge in [0.1, 0.15) is 5.54 Å². The minimum Gasteiger partial charge on any atom is -0.377 e. The first kappa shape index (κ1) is 18.5. The Hall–Kier alpha value is -0.320. The molecule has 2 saturated carbocycles. The van der Waals surface area contributed by atoms with Gasteiger partial charge in [-0.1, -0.05) is 33.1 Å². The van der Waals surface area contributed by atoms with Crippen molar-refractivity contribution in [1.82, 2.24) is 4.90 Å². The summed E-state index contributed by atoms with van der Waals surface area (Å²) in [4.78, 5) is 15.5. The predicted molar refractivity (Wildman–Crippen MR) is 97.1 cm³/mol. The van der Waals surface area contributed by atoms with Crippen molar-refractivity contribution in [3.05, 3.63) is 0 Å². The van der Waals surface area contributed by atoms with Crippen molar-refractivity contribution in [2.75, 3.05) is 19.7 Å². The maximum absolute atomic E-state index is 13.4. The second-order valence-electron chi connectivity index (χ2n) is 9.17. The Labute approximate surface area is 152 Å². The topological polar surface area (TPSA) is 55.6 Å². The molecule has 4 rings (SSSR count). The molecule has 3 atom stereocenters. The molecule has 24 heavy (non-hydrogen) atoms. The molecule has 0 bridgehead atoms. The van der Waals surface area contributed by atoms with Crippen LogP contribution in [-0.4, -0.2) is 42.1 Å². The number of likely N-dealkylation sites (tertiary alicyclic amines) is 1. The summed E-state index contributed by atoms with van der Waals surface area (Å²) >= 11 is 0. The van der Waals surface area contributed by atoms with E-state index in [9.17, 15) is 4.79 Å². The maximum Gasteiger partial charge on any atom is 0.243 e.